The van der Waals surface area contributed by atoms with E-state index in [1.54, 1.807) is 7.11 Å². The summed E-state index contributed by atoms with van der Waals surface area (Å²) < 4.78 is 12.7. The standard InChI is InChI=1S/C21H22ClNO3/c1-4-26-21(24)12-17-14(2)23(13-15-7-5-6-8-19(15)22)20-10-9-16(25-3)11-18(17)20/h5-11H,4,12-13H2,1-3H3. The molecule has 0 amide bonds. The Hall–Kier alpha value is -2.46. The van der Waals surface area contributed by atoms with Gasteiger partial charge in [0, 0.05) is 28.2 Å². The van der Waals surface area contributed by atoms with E-state index in [4.69, 9.17) is 21.1 Å². The van der Waals surface area contributed by atoms with Crippen LogP contribution in [0.3, 0.4) is 0 Å². The molecule has 0 saturated heterocycles. The van der Waals surface area contributed by atoms with Gasteiger partial charge in [0.25, 0.3) is 0 Å². The molecule has 0 N–H and O–H groups in total. The molecule has 1 heterocycles. The first-order chi connectivity index (χ1) is 12.5. The molecule has 0 aliphatic carbocycles. The van der Waals surface area contributed by atoms with Gasteiger partial charge in [0.05, 0.1) is 20.1 Å². The molecule has 0 saturated carbocycles. The highest BCUT2D eigenvalue weighted by molar-refractivity contribution is 6.31. The Morgan fingerprint density at radius 1 is 1.19 bits per heavy atom. The summed E-state index contributed by atoms with van der Waals surface area (Å²) in [6.45, 7) is 4.85. The van der Waals surface area contributed by atoms with Crippen molar-refractivity contribution in [2.45, 2.75) is 26.8 Å². The zero-order valence-electron chi connectivity index (χ0n) is 15.2. The summed E-state index contributed by atoms with van der Waals surface area (Å²) in [6, 6.07) is 13.7. The third-order valence-corrected chi connectivity index (χ3v) is 4.94. The minimum Gasteiger partial charge on any atom is -0.497 e. The lowest BCUT2D eigenvalue weighted by Gasteiger charge is -2.11. The Balaban J connectivity index is 2.12. The van der Waals surface area contributed by atoms with Crippen molar-refractivity contribution in [3.63, 3.8) is 0 Å². The summed E-state index contributed by atoms with van der Waals surface area (Å²) in [6.07, 6.45) is 0.235. The monoisotopic (exact) mass is 371 g/mol. The molecule has 5 heteroatoms. The van der Waals surface area contributed by atoms with E-state index in [-0.39, 0.29) is 12.4 Å². The number of rotatable bonds is 6. The first kappa shape index (κ1) is 18.3. The van der Waals surface area contributed by atoms with Crippen molar-refractivity contribution >= 4 is 28.5 Å². The number of esters is 1. The number of carbonyl (C=O) groups excluding carboxylic acids is 1. The lowest BCUT2D eigenvalue weighted by Crippen LogP contribution is -2.09. The first-order valence-electron chi connectivity index (χ1n) is 8.59. The van der Waals surface area contributed by atoms with E-state index in [1.807, 2.05) is 56.3 Å². The van der Waals surface area contributed by atoms with Crippen LogP contribution in [0, 0.1) is 6.92 Å². The van der Waals surface area contributed by atoms with Crippen LogP contribution in [0.25, 0.3) is 10.9 Å². The van der Waals surface area contributed by atoms with Gasteiger partial charge in [-0.15, -0.1) is 0 Å². The average molecular weight is 372 g/mol. The molecule has 0 unspecified atom stereocenters. The van der Waals surface area contributed by atoms with Crippen molar-refractivity contribution in [3.8, 4) is 5.75 Å². The maximum atomic E-state index is 12.1. The number of methoxy groups -OCH3 is 1. The third kappa shape index (κ3) is 3.56. The van der Waals surface area contributed by atoms with Gasteiger partial charge >= 0.3 is 5.97 Å². The van der Waals surface area contributed by atoms with E-state index in [9.17, 15) is 4.79 Å². The van der Waals surface area contributed by atoms with Crippen LogP contribution in [0.2, 0.25) is 5.02 Å². The number of fused-ring (bicyclic) bond motifs is 1. The maximum Gasteiger partial charge on any atom is 0.310 e. The molecular formula is C21H22ClNO3. The summed E-state index contributed by atoms with van der Waals surface area (Å²) in [5, 5.41) is 1.73. The highest BCUT2D eigenvalue weighted by Crippen LogP contribution is 2.31. The van der Waals surface area contributed by atoms with Gasteiger partial charge in [-0.1, -0.05) is 29.8 Å². The van der Waals surface area contributed by atoms with Crippen molar-refractivity contribution < 1.29 is 14.3 Å². The molecule has 0 atom stereocenters. The van der Waals surface area contributed by atoms with Gasteiger partial charge in [0.15, 0.2) is 0 Å². The van der Waals surface area contributed by atoms with E-state index < -0.39 is 0 Å². The van der Waals surface area contributed by atoms with Crippen LogP contribution in [0.4, 0.5) is 0 Å². The number of aromatic nitrogens is 1. The fourth-order valence-corrected chi connectivity index (χ4v) is 3.43. The molecule has 0 aliphatic heterocycles. The van der Waals surface area contributed by atoms with Gasteiger partial charge in [-0.3, -0.25) is 4.79 Å². The lowest BCUT2D eigenvalue weighted by atomic mass is 10.1. The normalized spacial score (nSPS) is 10.9. The fourth-order valence-electron chi connectivity index (χ4n) is 3.24. The second-order valence-corrected chi connectivity index (χ2v) is 6.51. The molecule has 1 aromatic heterocycles. The van der Waals surface area contributed by atoms with Crippen LogP contribution < -0.4 is 4.74 Å². The summed E-state index contributed by atoms with van der Waals surface area (Å²) in [4.78, 5) is 12.1. The smallest absolute Gasteiger partial charge is 0.310 e. The van der Waals surface area contributed by atoms with Crippen molar-refractivity contribution in [1.82, 2.24) is 4.57 Å². The zero-order chi connectivity index (χ0) is 18.7. The summed E-state index contributed by atoms with van der Waals surface area (Å²) in [5.41, 5.74) is 4.07. The number of halogens is 1. The van der Waals surface area contributed by atoms with E-state index >= 15 is 0 Å². The van der Waals surface area contributed by atoms with Crippen LogP contribution >= 0.6 is 11.6 Å². The molecule has 4 nitrogen and oxygen atoms in total. The quantitative estimate of drug-likeness (QED) is 0.586. The van der Waals surface area contributed by atoms with E-state index in [1.165, 1.54) is 0 Å². The Morgan fingerprint density at radius 2 is 1.96 bits per heavy atom. The minimum atomic E-state index is -0.227. The maximum absolute atomic E-state index is 12.1. The van der Waals surface area contributed by atoms with E-state index in [2.05, 4.69) is 4.57 Å². The number of hydrogen-bond donors (Lipinski definition) is 0. The van der Waals surface area contributed by atoms with Crippen LogP contribution in [-0.4, -0.2) is 24.3 Å². The largest absolute Gasteiger partial charge is 0.497 e. The number of benzene rings is 2. The molecule has 0 spiro atoms. The molecule has 0 bridgehead atoms. The molecule has 0 radical (unpaired) electrons. The van der Waals surface area contributed by atoms with Gasteiger partial charge in [0.1, 0.15) is 5.75 Å². The first-order valence-corrected chi connectivity index (χ1v) is 8.97. The highest BCUT2D eigenvalue weighted by atomic mass is 35.5. The predicted molar refractivity (Wildman–Crippen MR) is 104 cm³/mol. The highest BCUT2D eigenvalue weighted by Gasteiger charge is 2.18. The van der Waals surface area contributed by atoms with Crippen LogP contribution in [0.1, 0.15) is 23.7 Å². The number of carbonyl (C=O) groups is 1. The Bertz CT molecular complexity index is 946. The topological polar surface area (TPSA) is 40.5 Å². The molecule has 136 valence electrons. The van der Waals surface area contributed by atoms with Crippen molar-refractivity contribution in [1.29, 1.82) is 0 Å². The van der Waals surface area contributed by atoms with E-state index in [0.717, 1.165) is 38.5 Å². The van der Waals surface area contributed by atoms with Crippen LogP contribution in [0.15, 0.2) is 42.5 Å². The third-order valence-electron chi connectivity index (χ3n) is 4.57. The molecule has 0 fully saturated rings. The van der Waals surface area contributed by atoms with Crippen molar-refractivity contribution in [3.05, 3.63) is 64.3 Å². The summed E-state index contributed by atoms with van der Waals surface area (Å²) in [7, 11) is 1.64. The van der Waals surface area contributed by atoms with Gasteiger partial charge in [-0.05, 0) is 49.2 Å². The zero-order valence-corrected chi connectivity index (χ0v) is 16.0. The van der Waals surface area contributed by atoms with Gasteiger partial charge in [0.2, 0.25) is 0 Å². The SMILES string of the molecule is CCOC(=O)Cc1c(C)n(Cc2ccccc2Cl)c2ccc(OC)cc12. The number of nitrogens with zero attached hydrogens (tertiary/aromatic N) is 1. The molecule has 0 aliphatic rings. The van der Waals surface area contributed by atoms with Gasteiger partial charge in [-0.25, -0.2) is 0 Å². The molecule has 2 aromatic carbocycles. The van der Waals surface area contributed by atoms with Gasteiger partial charge < -0.3 is 14.0 Å². The van der Waals surface area contributed by atoms with Gasteiger partial charge in [-0.2, -0.15) is 0 Å². The van der Waals surface area contributed by atoms with Crippen LogP contribution in [-0.2, 0) is 22.5 Å². The fraction of sp³-hybridized carbons (Fsp3) is 0.286. The van der Waals surface area contributed by atoms with Crippen molar-refractivity contribution in [2.24, 2.45) is 0 Å². The molecule has 3 aromatic rings. The average Bonchev–Trinajstić information content (AvgIpc) is 2.88. The number of ether oxygens (including phenoxy) is 2. The van der Waals surface area contributed by atoms with Crippen LogP contribution in [0.5, 0.6) is 5.75 Å². The minimum absolute atomic E-state index is 0.227. The number of hydrogen-bond acceptors (Lipinski definition) is 3. The molecular weight excluding hydrogens is 350 g/mol. The Morgan fingerprint density at radius 3 is 2.65 bits per heavy atom. The van der Waals surface area contributed by atoms with Crippen molar-refractivity contribution in [2.75, 3.05) is 13.7 Å². The second kappa shape index (κ2) is 7.83. The predicted octanol–water partition coefficient (Wildman–Crippen LogP) is 4.77. The molecule has 3 rings (SSSR count). The van der Waals surface area contributed by atoms with E-state index in [0.29, 0.717) is 13.2 Å². The molecule has 26 heavy (non-hydrogen) atoms. The Labute approximate surface area is 158 Å². The lowest BCUT2D eigenvalue weighted by molar-refractivity contribution is -0.142. The Kier molecular flexibility index (Phi) is 5.52. The summed E-state index contributed by atoms with van der Waals surface area (Å²) in [5.74, 6) is 0.535. The summed E-state index contributed by atoms with van der Waals surface area (Å²) >= 11 is 6.35. The second-order valence-electron chi connectivity index (χ2n) is 6.11.